The van der Waals surface area contributed by atoms with Gasteiger partial charge in [-0.05, 0) is 67.6 Å². The van der Waals surface area contributed by atoms with Crippen LogP contribution in [-0.2, 0) is 16.8 Å². The average molecular weight is 642 g/mol. The number of benzene rings is 2. The molecule has 2 aromatic carbocycles. The molecular weight excluding hydrogens is 602 g/mol. The lowest BCUT2D eigenvalue weighted by atomic mass is 9.86. The third kappa shape index (κ3) is 6.37. The van der Waals surface area contributed by atoms with Crippen LogP contribution < -0.4 is 10.1 Å². The number of carbonyl (C=O) groups excluding carboxylic acids is 2. The van der Waals surface area contributed by atoms with Crippen LogP contribution in [0.15, 0.2) is 70.9 Å². The molecule has 1 aliphatic rings. The lowest BCUT2D eigenvalue weighted by Crippen LogP contribution is -2.64. The molecule has 2 N–H and O–H groups in total. The number of hydrogen-bond donors (Lipinski definition) is 2. The summed E-state index contributed by atoms with van der Waals surface area (Å²) >= 11 is 6.28. The van der Waals surface area contributed by atoms with E-state index in [1.54, 1.807) is 33.2 Å². The number of halogens is 1. The number of aromatic nitrogens is 1. The molecule has 1 fully saturated rings. The summed E-state index contributed by atoms with van der Waals surface area (Å²) in [5.41, 5.74) is 4.59. The van der Waals surface area contributed by atoms with Crippen LogP contribution in [0, 0.1) is 12.3 Å². The maximum Gasteiger partial charge on any atom is 0.290 e. The summed E-state index contributed by atoms with van der Waals surface area (Å²) in [7, 11) is 1.62. The number of nitrogens with one attached hydrogen (secondary N) is 2. The van der Waals surface area contributed by atoms with Gasteiger partial charge in [0.05, 0.1) is 18.5 Å². The molecule has 5 rings (SSSR count). The van der Waals surface area contributed by atoms with Gasteiger partial charge >= 0.3 is 0 Å². The van der Waals surface area contributed by atoms with Crippen molar-refractivity contribution in [3.05, 3.63) is 94.0 Å². The number of amides is 2. The van der Waals surface area contributed by atoms with Crippen molar-refractivity contribution in [1.82, 2.24) is 20.1 Å². The van der Waals surface area contributed by atoms with Crippen molar-refractivity contribution >= 4 is 40.7 Å². The molecule has 10 heteroatoms. The molecule has 0 saturated carbocycles. The van der Waals surface area contributed by atoms with E-state index >= 15 is 0 Å². The number of aryl methyl sites for hydroxylation is 1. The molecule has 0 radical (unpaired) electrons. The fourth-order valence-corrected chi connectivity index (χ4v) is 5.73. The molecule has 0 unspecified atom stereocenters. The quantitative estimate of drug-likeness (QED) is 0.198. The average Bonchev–Trinajstić information content (AvgIpc) is 3.45. The van der Waals surface area contributed by atoms with Crippen LogP contribution >= 0.6 is 11.6 Å². The molecule has 9 nitrogen and oxygen atoms in total. The van der Waals surface area contributed by atoms with Gasteiger partial charge in [0, 0.05) is 54.3 Å². The molecule has 0 aliphatic carbocycles. The van der Waals surface area contributed by atoms with Crippen molar-refractivity contribution in [3.63, 3.8) is 0 Å². The monoisotopic (exact) mass is 641 g/mol. The Kier molecular flexibility index (Phi) is 9.00. The minimum atomic E-state index is -1.20. The van der Waals surface area contributed by atoms with Gasteiger partial charge in [0.2, 0.25) is 0 Å². The van der Waals surface area contributed by atoms with Crippen LogP contribution in [0.3, 0.4) is 0 Å². The van der Waals surface area contributed by atoms with Gasteiger partial charge in [0.25, 0.3) is 11.8 Å². The molecule has 2 aromatic heterocycles. The number of allylic oxidation sites excluding steroid dienone is 1. The van der Waals surface area contributed by atoms with Gasteiger partial charge in [-0.15, -0.1) is 0 Å². The summed E-state index contributed by atoms with van der Waals surface area (Å²) in [5, 5.41) is 11.9. The van der Waals surface area contributed by atoms with Gasteiger partial charge in [-0.1, -0.05) is 50.6 Å². The predicted molar refractivity (Wildman–Crippen MR) is 181 cm³/mol. The van der Waals surface area contributed by atoms with Crippen LogP contribution in [0.25, 0.3) is 22.4 Å². The summed E-state index contributed by atoms with van der Waals surface area (Å²) in [6, 6.07) is 17.1. The molecule has 1 saturated heterocycles. The van der Waals surface area contributed by atoms with Crippen LogP contribution in [0.4, 0.5) is 0 Å². The summed E-state index contributed by atoms with van der Waals surface area (Å²) in [5.74, 6) is 0.206. The van der Waals surface area contributed by atoms with Gasteiger partial charge in [-0.3, -0.25) is 9.59 Å². The number of pyridine rings is 1. The van der Waals surface area contributed by atoms with Crippen LogP contribution in [0.2, 0.25) is 5.02 Å². The molecule has 3 heterocycles. The number of nitrogens with zero attached hydrogens (tertiary/aromatic N) is 3. The zero-order chi connectivity index (χ0) is 33.4. The predicted octanol–water partition coefficient (Wildman–Crippen LogP) is 7.11. The van der Waals surface area contributed by atoms with Gasteiger partial charge < -0.3 is 29.7 Å². The Bertz CT molecular complexity index is 1840. The first-order valence-corrected chi connectivity index (χ1v) is 15.5. The third-order valence-electron chi connectivity index (χ3n) is 8.36. The van der Waals surface area contributed by atoms with Crippen molar-refractivity contribution in [2.45, 2.75) is 59.0 Å². The second-order valence-electron chi connectivity index (χ2n) is 13.0. The highest BCUT2D eigenvalue weighted by molar-refractivity contribution is 6.31. The Morgan fingerprint density at radius 3 is 2.48 bits per heavy atom. The first kappa shape index (κ1) is 32.8. The SMILES string of the molecule is COc1ccc(CN/C=C(\C=N)N2CCN(C(=O)c3cc4nc(-c5ccc(Cl)c(C)c5)cc(C(C)(C)C)c4o3)C(C)(C)C2=O)cc1. The molecule has 4 aromatic rings. The first-order valence-electron chi connectivity index (χ1n) is 15.2. The number of fused-ring (bicyclic) bond motifs is 1. The number of hydrogen-bond acceptors (Lipinski definition) is 7. The summed E-state index contributed by atoms with van der Waals surface area (Å²) in [6.07, 6.45) is 2.80. The Morgan fingerprint density at radius 2 is 1.85 bits per heavy atom. The molecule has 1 aliphatic heterocycles. The molecule has 0 spiro atoms. The summed E-state index contributed by atoms with van der Waals surface area (Å²) < 4.78 is 11.5. The second kappa shape index (κ2) is 12.6. The second-order valence-corrected chi connectivity index (χ2v) is 13.4. The van der Waals surface area contributed by atoms with Crippen molar-refractivity contribution in [2.75, 3.05) is 20.2 Å². The highest BCUT2D eigenvalue weighted by Crippen LogP contribution is 2.36. The zero-order valence-corrected chi connectivity index (χ0v) is 28.1. The molecule has 0 bridgehead atoms. The maximum atomic E-state index is 14.0. The Balaban J connectivity index is 1.39. The number of carbonyl (C=O) groups is 2. The highest BCUT2D eigenvalue weighted by atomic mass is 35.5. The number of piperazine rings is 1. The van der Waals surface area contributed by atoms with Crippen LogP contribution in [-0.4, -0.2) is 58.6 Å². The fraction of sp³-hybridized carbons (Fsp3) is 0.333. The van der Waals surface area contributed by atoms with E-state index in [9.17, 15) is 9.59 Å². The number of methoxy groups -OCH3 is 1. The van der Waals surface area contributed by atoms with Crippen molar-refractivity contribution in [1.29, 1.82) is 5.41 Å². The Morgan fingerprint density at radius 1 is 1.13 bits per heavy atom. The fourth-order valence-electron chi connectivity index (χ4n) is 5.61. The van der Waals surface area contributed by atoms with Crippen molar-refractivity contribution < 1.29 is 18.7 Å². The van der Waals surface area contributed by atoms with Crippen LogP contribution in [0.1, 0.15) is 61.9 Å². The zero-order valence-electron chi connectivity index (χ0n) is 27.3. The lowest BCUT2D eigenvalue weighted by molar-refractivity contribution is -0.143. The highest BCUT2D eigenvalue weighted by Gasteiger charge is 2.46. The van der Waals surface area contributed by atoms with E-state index in [1.165, 1.54) is 9.80 Å². The standard InChI is InChI=1S/C36H40ClN5O4/c1-22-16-24(10-13-28(22)37)29-17-27(35(2,3)4)32-30(40-29)18-31(46-32)33(43)42-15-14-41(34(44)36(42,5)6)25(19-38)21-39-20-23-8-11-26(45-7)12-9-23/h8-13,16-19,21,38-39H,14-15,20H2,1-7H3/b25-21+,38-19?. The molecular formula is C36H40ClN5O4. The first-order chi connectivity index (χ1) is 21.7. The Labute approximate surface area is 274 Å². The maximum absolute atomic E-state index is 14.0. The van der Waals surface area contributed by atoms with E-state index < -0.39 is 11.4 Å². The summed E-state index contributed by atoms with van der Waals surface area (Å²) in [6.45, 7) is 12.6. The van der Waals surface area contributed by atoms with E-state index in [2.05, 4.69) is 26.1 Å². The van der Waals surface area contributed by atoms with Gasteiger partial charge in [0.1, 0.15) is 16.8 Å². The smallest absolute Gasteiger partial charge is 0.290 e. The number of furan rings is 1. The van der Waals surface area contributed by atoms with E-state index in [0.717, 1.165) is 39.9 Å². The number of ether oxygens (including phenoxy) is 1. The molecule has 240 valence electrons. The Hall–Kier alpha value is -4.63. The molecule has 2 amide bonds. The van der Waals surface area contributed by atoms with E-state index in [0.29, 0.717) is 28.4 Å². The minimum Gasteiger partial charge on any atom is -0.497 e. The third-order valence-corrected chi connectivity index (χ3v) is 8.79. The van der Waals surface area contributed by atoms with Gasteiger partial charge in [-0.2, -0.15) is 0 Å². The van der Waals surface area contributed by atoms with E-state index in [4.69, 9.17) is 31.1 Å². The lowest BCUT2D eigenvalue weighted by Gasteiger charge is -2.45. The van der Waals surface area contributed by atoms with Crippen molar-refractivity contribution in [2.24, 2.45) is 0 Å². The van der Waals surface area contributed by atoms with E-state index in [-0.39, 0.29) is 30.2 Å². The van der Waals surface area contributed by atoms with Gasteiger partial charge in [0.15, 0.2) is 11.3 Å². The number of rotatable bonds is 8. The normalized spacial score (nSPS) is 15.3. The van der Waals surface area contributed by atoms with Crippen molar-refractivity contribution in [3.8, 4) is 17.0 Å². The largest absolute Gasteiger partial charge is 0.497 e. The molecule has 0 atom stereocenters. The molecule has 46 heavy (non-hydrogen) atoms. The van der Waals surface area contributed by atoms with Gasteiger partial charge in [-0.25, -0.2) is 4.98 Å². The minimum absolute atomic E-state index is 0.121. The topological polar surface area (TPSA) is 112 Å². The summed E-state index contributed by atoms with van der Waals surface area (Å²) in [4.78, 5) is 35.7. The van der Waals surface area contributed by atoms with Crippen LogP contribution in [0.5, 0.6) is 5.75 Å². The van der Waals surface area contributed by atoms with E-state index in [1.807, 2.05) is 55.5 Å².